The average molecular weight is 220 g/mol. The van der Waals surface area contributed by atoms with Crippen molar-refractivity contribution in [3.05, 3.63) is 28.3 Å². The van der Waals surface area contributed by atoms with Crippen LogP contribution in [-0.2, 0) is 25.7 Å². The zero-order valence-electron chi connectivity index (χ0n) is 11.1. The maximum Gasteiger partial charge on any atom is 0.119 e. The van der Waals surface area contributed by atoms with Crippen LogP contribution in [0.2, 0.25) is 0 Å². The van der Waals surface area contributed by atoms with Crippen LogP contribution in [0.25, 0.3) is 0 Å². The average Bonchev–Trinajstić information content (AvgIpc) is 2.30. The maximum absolute atomic E-state index is 10.1. The summed E-state index contributed by atoms with van der Waals surface area (Å²) >= 11 is 0. The van der Waals surface area contributed by atoms with Gasteiger partial charge in [0.25, 0.3) is 0 Å². The Bertz CT molecular complexity index is 353. The third-order valence-corrected chi connectivity index (χ3v) is 3.32. The molecule has 90 valence electrons. The SMILES string of the molecule is CCCc1c(O)cc(CC)c(CC)c1CC. The number of hydrogen-bond acceptors (Lipinski definition) is 1. The molecule has 0 unspecified atom stereocenters. The van der Waals surface area contributed by atoms with Gasteiger partial charge in [-0.05, 0) is 54.0 Å². The fourth-order valence-corrected chi connectivity index (χ4v) is 2.58. The van der Waals surface area contributed by atoms with Crippen LogP contribution in [-0.4, -0.2) is 5.11 Å². The van der Waals surface area contributed by atoms with Crippen molar-refractivity contribution in [2.75, 3.05) is 0 Å². The third-order valence-electron chi connectivity index (χ3n) is 3.32. The quantitative estimate of drug-likeness (QED) is 0.794. The summed E-state index contributed by atoms with van der Waals surface area (Å²) in [5.74, 6) is 0.507. The molecule has 0 saturated carbocycles. The predicted molar refractivity (Wildman–Crippen MR) is 70.2 cm³/mol. The number of phenolic OH excluding ortho intramolecular Hbond substituents is 1. The van der Waals surface area contributed by atoms with Crippen LogP contribution in [0.3, 0.4) is 0 Å². The molecule has 0 amide bonds. The Balaban J connectivity index is 3.38. The van der Waals surface area contributed by atoms with E-state index in [9.17, 15) is 5.11 Å². The molecule has 0 aliphatic heterocycles. The van der Waals surface area contributed by atoms with Gasteiger partial charge in [-0.15, -0.1) is 0 Å². The van der Waals surface area contributed by atoms with Gasteiger partial charge in [-0.1, -0.05) is 34.1 Å². The van der Waals surface area contributed by atoms with Crippen LogP contribution >= 0.6 is 0 Å². The number of phenols is 1. The van der Waals surface area contributed by atoms with Crippen molar-refractivity contribution in [3.8, 4) is 5.75 Å². The molecule has 0 atom stereocenters. The summed E-state index contributed by atoms with van der Waals surface area (Å²) < 4.78 is 0. The molecule has 1 nitrogen and oxygen atoms in total. The van der Waals surface area contributed by atoms with Crippen molar-refractivity contribution < 1.29 is 5.11 Å². The third kappa shape index (κ3) is 2.40. The monoisotopic (exact) mass is 220 g/mol. The van der Waals surface area contributed by atoms with Crippen LogP contribution in [0.5, 0.6) is 5.75 Å². The van der Waals surface area contributed by atoms with E-state index in [1.165, 1.54) is 22.3 Å². The lowest BCUT2D eigenvalue weighted by molar-refractivity contribution is 0.465. The Morgan fingerprint density at radius 3 is 1.94 bits per heavy atom. The van der Waals surface area contributed by atoms with Crippen molar-refractivity contribution in [1.29, 1.82) is 0 Å². The normalized spacial score (nSPS) is 10.8. The molecule has 16 heavy (non-hydrogen) atoms. The summed E-state index contributed by atoms with van der Waals surface area (Å²) in [6.45, 7) is 8.72. The number of aryl methyl sites for hydroxylation is 1. The van der Waals surface area contributed by atoms with Crippen LogP contribution in [0.1, 0.15) is 56.4 Å². The highest BCUT2D eigenvalue weighted by molar-refractivity contribution is 5.49. The minimum atomic E-state index is 0.507. The fourth-order valence-electron chi connectivity index (χ4n) is 2.58. The Kier molecular flexibility index (Phi) is 4.85. The molecule has 1 N–H and O–H groups in total. The van der Waals surface area contributed by atoms with Gasteiger partial charge in [-0.2, -0.15) is 0 Å². The van der Waals surface area contributed by atoms with Crippen molar-refractivity contribution >= 4 is 0 Å². The predicted octanol–water partition coefficient (Wildman–Crippen LogP) is 4.03. The highest BCUT2D eigenvalue weighted by atomic mass is 16.3. The first-order valence-electron chi connectivity index (χ1n) is 6.54. The van der Waals surface area contributed by atoms with E-state index >= 15 is 0 Å². The van der Waals surface area contributed by atoms with Gasteiger partial charge in [0.2, 0.25) is 0 Å². The lowest BCUT2D eigenvalue weighted by atomic mass is 9.89. The first-order valence-corrected chi connectivity index (χ1v) is 6.54. The van der Waals surface area contributed by atoms with E-state index < -0.39 is 0 Å². The lowest BCUT2D eigenvalue weighted by Crippen LogP contribution is -2.03. The minimum Gasteiger partial charge on any atom is -0.508 e. The van der Waals surface area contributed by atoms with E-state index in [1.54, 1.807) is 0 Å². The van der Waals surface area contributed by atoms with Crippen LogP contribution in [0, 0.1) is 0 Å². The summed E-state index contributed by atoms with van der Waals surface area (Å²) in [6.07, 6.45) is 5.20. The second-order valence-electron chi connectivity index (χ2n) is 4.30. The molecular formula is C15H24O. The van der Waals surface area contributed by atoms with E-state index in [1.807, 2.05) is 6.07 Å². The summed E-state index contributed by atoms with van der Waals surface area (Å²) in [4.78, 5) is 0. The summed E-state index contributed by atoms with van der Waals surface area (Å²) in [5, 5.41) is 10.1. The van der Waals surface area contributed by atoms with Crippen LogP contribution < -0.4 is 0 Å². The Morgan fingerprint density at radius 2 is 1.50 bits per heavy atom. The molecule has 0 aromatic heterocycles. The molecule has 0 spiro atoms. The topological polar surface area (TPSA) is 20.2 Å². The largest absolute Gasteiger partial charge is 0.508 e. The molecule has 0 aliphatic carbocycles. The van der Waals surface area contributed by atoms with Crippen LogP contribution in [0.4, 0.5) is 0 Å². The van der Waals surface area contributed by atoms with Gasteiger partial charge in [0.05, 0.1) is 0 Å². The van der Waals surface area contributed by atoms with E-state index in [2.05, 4.69) is 27.7 Å². The Hall–Kier alpha value is -0.980. The fraction of sp³-hybridized carbons (Fsp3) is 0.600. The van der Waals surface area contributed by atoms with Gasteiger partial charge < -0.3 is 5.11 Å². The summed E-state index contributed by atoms with van der Waals surface area (Å²) in [6, 6.07) is 1.98. The van der Waals surface area contributed by atoms with Gasteiger partial charge in [0.15, 0.2) is 0 Å². The summed E-state index contributed by atoms with van der Waals surface area (Å²) in [5.41, 5.74) is 5.35. The molecule has 0 saturated heterocycles. The van der Waals surface area contributed by atoms with E-state index in [0.29, 0.717) is 5.75 Å². The molecule has 1 heteroatoms. The standard InChI is InChI=1S/C15H24O/c1-5-9-14-13(8-4)12(7-3)11(6-2)10-15(14)16/h10,16H,5-9H2,1-4H3. The van der Waals surface area contributed by atoms with Gasteiger partial charge in [0.1, 0.15) is 5.75 Å². The van der Waals surface area contributed by atoms with E-state index in [4.69, 9.17) is 0 Å². The molecular weight excluding hydrogens is 196 g/mol. The van der Waals surface area contributed by atoms with Gasteiger partial charge in [0, 0.05) is 0 Å². The molecule has 0 heterocycles. The van der Waals surface area contributed by atoms with E-state index in [0.717, 1.165) is 32.1 Å². The molecule has 1 rings (SSSR count). The molecule has 0 bridgehead atoms. The Labute approximate surface area is 99.5 Å². The molecule has 0 radical (unpaired) electrons. The first-order chi connectivity index (χ1) is 7.69. The van der Waals surface area contributed by atoms with Crippen molar-refractivity contribution in [2.24, 2.45) is 0 Å². The number of aromatic hydroxyl groups is 1. The zero-order valence-corrected chi connectivity index (χ0v) is 11.1. The highest BCUT2D eigenvalue weighted by Crippen LogP contribution is 2.30. The van der Waals surface area contributed by atoms with Crippen LogP contribution in [0.15, 0.2) is 6.07 Å². The summed E-state index contributed by atoms with van der Waals surface area (Å²) in [7, 11) is 0. The second kappa shape index (κ2) is 5.93. The number of hydrogen-bond donors (Lipinski definition) is 1. The highest BCUT2D eigenvalue weighted by Gasteiger charge is 2.13. The molecule has 1 aromatic carbocycles. The minimum absolute atomic E-state index is 0.507. The number of benzene rings is 1. The smallest absolute Gasteiger partial charge is 0.119 e. The first kappa shape index (κ1) is 13.1. The molecule has 1 aromatic rings. The van der Waals surface area contributed by atoms with Gasteiger partial charge >= 0.3 is 0 Å². The van der Waals surface area contributed by atoms with Crippen molar-refractivity contribution in [1.82, 2.24) is 0 Å². The van der Waals surface area contributed by atoms with Crippen molar-refractivity contribution in [2.45, 2.75) is 59.8 Å². The maximum atomic E-state index is 10.1. The Morgan fingerprint density at radius 1 is 0.875 bits per heavy atom. The van der Waals surface area contributed by atoms with Gasteiger partial charge in [-0.3, -0.25) is 0 Å². The van der Waals surface area contributed by atoms with E-state index in [-0.39, 0.29) is 0 Å². The molecule has 0 aliphatic rings. The molecule has 0 fully saturated rings. The zero-order chi connectivity index (χ0) is 12.1. The number of rotatable bonds is 5. The van der Waals surface area contributed by atoms with Gasteiger partial charge in [-0.25, -0.2) is 0 Å². The lowest BCUT2D eigenvalue weighted by Gasteiger charge is -2.18. The second-order valence-corrected chi connectivity index (χ2v) is 4.30. The van der Waals surface area contributed by atoms with Crippen molar-refractivity contribution in [3.63, 3.8) is 0 Å².